The molecule has 2 fully saturated rings. The number of aliphatic hydroxyl groups excluding tert-OH is 1. The summed E-state index contributed by atoms with van der Waals surface area (Å²) >= 11 is 0. The second-order valence-electron chi connectivity index (χ2n) is 7.11. The van der Waals surface area contributed by atoms with Gasteiger partial charge < -0.3 is 10.0 Å². The third-order valence-electron chi connectivity index (χ3n) is 5.58. The van der Waals surface area contributed by atoms with Crippen LogP contribution in [0, 0.1) is 11.3 Å². The van der Waals surface area contributed by atoms with E-state index in [9.17, 15) is 14.7 Å². The second-order valence-corrected chi connectivity index (χ2v) is 7.11. The minimum Gasteiger partial charge on any atom is -0.390 e. The van der Waals surface area contributed by atoms with Crippen LogP contribution < -0.4 is 0 Å². The summed E-state index contributed by atoms with van der Waals surface area (Å²) in [5.74, 6) is 0.540. The molecule has 5 nitrogen and oxygen atoms in total. The summed E-state index contributed by atoms with van der Waals surface area (Å²) in [5.41, 5.74) is -0.530. The molecule has 22 heavy (non-hydrogen) atoms. The molecule has 0 aromatic carbocycles. The van der Waals surface area contributed by atoms with Gasteiger partial charge in [0.25, 0.3) is 0 Å². The maximum atomic E-state index is 12.6. The molecule has 0 aliphatic carbocycles. The Morgan fingerprint density at radius 1 is 1.18 bits per heavy atom. The van der Waals surface area contributed by atoms with Crippen LogP contribution in [-0.2, 0) is 9.59 Å². The highest BCUT2D eigenvalue weighted by molar-refractivity contribution is 6.05. The minimum absolute atomic E-state index is 0.0891. The summed E-state index contributed by atoms with van der Waals surface area (Å²) in [5, 5.41) is 10.3. The molecule has 0 spiro atoms. The number of β-amino-alcohol motifs (C(OH)–C–C–N with tert-alkyl or cyclic N) is 1. The van der Waals surface area contributed by atoms with Gasteiger partial charge in [0.1, 0.15) is 0 Å². The number of rotatable bonds is 6. The first kappa shape index (κ1) is 17.4. The Kier molecular flexibility index (Phi) is 5.61. The monoisotopic (exact) mass is 310 g/mol. The number of carbonyl (C=O) groups is 2. The molecule has 1 atom stereocenters. The smallest absolute Gasteiger partial charge is 0.235 e. The van der Waals surface area contributed by atoms with Gasteiger partial charge in [-0.05, 0) is 44.7 Å². The Labute approximate surface area is 133 Å². The van der Waals surface area contributed by atoms with Crippen molar-refractivity contribution in [3.8, 4) is 0 Å². The Balaban J connectivity index is 1.90. The van der Waals surface area contributed by atoms with Gasteiger partial charge in [0.15, 0.2) is 0 Å². The van der Waals surface area contributed by atoms with Gasteiger partial charge in [-0.3, -0.25) is 14.5 Å². The van der Waals surface area contributed by atoms with Crippen LogP contribution in [0.4, 0.5) is 0 Å². The number of hydrogen-bond donors (Lipinski definition) is 1. The molecule has 0 aromatic rings. The lowest BCUT2D eigenvalue weighted by molar-refractivity contribution is -0.143. The van der Waals surface area contributed by atoms with Crippen molar-refractivity contribution in [3.05, 3.63) is 0 Å². The van der Waals surface area contributed by atoms with Gasteiger partial charge in [0.05, 0.1) is 18.1 Å². The van der Waals surface area contributed by atoms with Crippen LogP contribution in [0.2, 0.25) is 0 Å². The molecule has 1 N–H and O–H groups in total. The SMILES string of the molecule is CCC1(CC)CC(=O)N(C[C@@H](O)CN2CCC(C)CC2)C1=O. The number of likely N-dealkylation sites (tertiary alicyclic amines) is 2. The number of aliphatic hydroxyl groups is 1. The summed E-state index contributed by atoms with van der Waals surface area (Å²) in [7, 11) is 0. The maximum absolute atomic E-state index is 12.6. The molecule has 0 radical (unpaired) electrons. The van der Waals surface area contributed by atoms with E-state index in [1.165, 1.54) is 4.90 Å². The highest BCUT2D eigenvalue weighted by atomic mass is 16.3. The summed E-state index contributed by atoms with van der Waals surface area (Å²) < 4.78 is 0. The largest absolute Gasteiger partial charge is 0.390 e. The zero-order valence-electron chi connectivity index (χ0n) is 14.2. The van der Waals surface area contributed by atoms with E-state index in [0.717, 1.165) is 31.8 Å². The predicted molar refractivity (Wildman–Crippen MR) is 85.2 cm³/mol. The summed E-state index contributed by atoms with van der Waals surface area (Å²) in [6.07, 6.45) is 3.33. The van der Waals surface area contributed by atoms with Crippen LogP contribution in [-0.4, -0.2) is 59.0 Å². The number of carbonyl (C=O) groups excluding carboxylic acids is 2. The molecule has 2 aliphatic rings. The van der Waals surface area contributed by atoms with E-state index >= 15 is 0 Å². The second kappa shape index (κ2) is 7.09. The standard InChI is InChI=1S/C17H30N2O3/c1-4-17(5-2)10-15(21)19(16(17)22)12-14(20)11-18-8-6-13(3)7-9-18/h13-14,20H,4-12H2,1-3H3/t14-/m0/s1. The van der Waals surface area contributed by atoms with Gasteiger partial charge in [0, 0.05) is 13.0 Å². The van der Waals surface area contributed by atoms with Crippen molar-refractivity contribution in [1.82, 2.24) is 9.80 Å². The minimum atomic E-state index is -0.647. The van der Waals surface area contributed by atoms with Gasteiger partial charge >= 0.3 is 0 Å². The average molecular weight is 310 g/mol. The lowest BCUT2D eigenvalue weighted by atomic mass is 9.81. The zero-order chi connectivity index (χ0) is 16.3. The van der Waals surface area contributed by atoms with Crippen molar-refractivity contribution >= 4 is 11.8 Å². The van der Waals surface area contributed by atoms with E-state index in [1.807, 2.05) is 13.8 Å². The van der Waals surface area contributed by atoms with Gasteiger partial charge in [-0.15, -0.1) is 0 Å². The summed E-state index contributed by atoms with van der Waals surface area (Å²) in [6.45, 7) is 8.86. The fourth-order valence-corrected chi connectivity index (χ4v) is 3.66. The Bertz CT molecular complexity index is 412. The molecule has 2 aliphatic heterocycles. The third-order valence-corrected chi connectivity index (χ3v) is 5.58. The molecular formula is C17H30N2O3. The van der Waals surface area contributed by atoms with Crippen molar-refractivity contribution in [2.45, 2.75) is 59.0 Å². The van der Waals surface area contributed by atoms with E-state index in [1.54, 1.807) is 0 Å². The maximum Gasteiger partial charge on any atom is 0.235 e. The Hall–Kier alpha value is -0.940. The quantitative estimate of drug-likeness (QED) is 0.758. The van der Waals surface area contributed by atoms with E-state index in [-0.39, 0.29) is 18.4 Å². The molecule has 0 aromatic heterocycles. The van der Waals surface area contributed by atoms with Crippen LogP contribution in [0.3, 0.4) is 0 Å². The Morgan fingerprint density at radius 3 is 2.27 bits per heavy atom. The van der Waals surface area contributed by atoms with Gasteiger partial charge in [-0.1, -0.05) is 20.8 Å². The zero-order valence-corrected chi connectivity index (χ0v) is 14.2. The predicted octanol–water partition coefficient (Wildman–Crippen LogP) is 1.64. The van der Waals surface area contributed by atoms with E-state index in [4.69, 9.17) is 0 Å². The highest BCUT2D eigenvalue weighted by Gasteiger charge is 2.49. The molecule has 0 bridgehead atoms. The molecule has 2 heterocycles. The fraction of sp³-hybridized carbons (Fsp3) is 0.882. The third kappa shape index (κ3) is 3.51. The van der Waals surface area contributed by atoms with Gasteiger partial charge in [-0.25, -0.2) is 0 Å². The van der Waals surface area contributed by atoms with Crippen LogP contribution in [0.1, 0.15) is 52.9 Å². The number of piperidine rings is 1. The van der Waals surface area contributed by atoms with Gasteiger partial charge in [0.2, 0.25) is 11.8 Å². The van der Waals surface area contributed by atoms with Crippen LogP contribution in [0.25, 0.3) is 0 Å². The average Bonchev–Trinajstić information content (AvgIpc) is 2.74. The van der Waals surface area contributed by atoms with Crippen molar-refractivity contribution in [2.75, 3.05) is 26.2 Å². The van der Waals surface area contributed by atoms with E-state index in [0.29, 0.717) is 25.8 Å². The summed E-state index contributed by atoms with van der Waals surface area (Å²) in [4.78, 5) is 28.3. The van der Waals surface area contributed by atoms with Crippen LogP contribution in [0.15, 0.2) is 0 Å². The number of hydrogen-bond acceptors (Lipinski definition) is 4. The number of amides is 2. The first-order chi connectivity index (χ1) is 10.4. The van der Waals surface area contributed by atoms with Crippen LogP contribution >= 0.6 is 0 Å². The molecular weight excluding hydrogens is 280 g/mol. The highest BCUT2D eigenvalue weighted by Crippen LogP contribution is 2.39. The van der Waals surface area contributed by atoms with Crippen molar-refractivity contribution in [1.29, 1.82) is 0 Å². The van der Waals surface area contributed by atoms with E-state index in [2.05, 4.69) is 11.8 Å². The topological polar surface area (TPSA) is 60.9 Å². The number of nitrogens with zero attached hydrogens (tertiary/aromatic N) is 2. The molecule has 126 valence electrons. The van der Waals surface area contributed by atoms with Gasteiger partial charge in [-0.2, -0.15) is 0 Å². The molecule has 0 saturated carbocycles. The lowest BCUT2D eigenvalue weighted by Gasteiger charge is -2.32. The molecule has 0 unspecified atom stereocenters. The molecule has 2 saturated heterocycles. The normalized spacial score (nSPS) is 25.0. The lowest BCUT2D eigenvalue weighted by Crippen LogP contribution is -2.45. The number of imide groups is 1. The first-order valence-electron chi connectivity index (χ1n) is 8.67. The first-order valence-corrected chi connectivity index (χ1v) is 8.67. The molecule has 2 rings (SSSR count). The molecule has 2 amide bonds. The fourth-order valence-electron chi connectivity index (χ4n) is 3.66. The van der Waals surface area contributed by atoms with Crippen molar-refractivity contribution in [3.63, 3.8) is 0 Å². The molecule has 5 heteroatoms. The van der Waals surface area contributed by atoms with E-state index < -0.39 is 11.5 Å². The van der Waals surface area contributed by atoms with Crippen molar-refractivity contribution < 1.29 is 14.7 Å². The Morgan fingerprint density at radius 2 is 1.77 bits per heavy atom. The van der Waals surface area contributed by atoms with Crippen molar-refractivity contribution in [2.24, 2.45) is 11.3 Å². The summed E-state index contributed by atoms with van der Waals surface area (Å²) in [6, 6.07) is 0. The van der Waals surface area contributed by atoms with Crippen LogP contribution in [0.5, 0.6) is 0 Å².